The molecule has 1 saturated carbocycles. The molecule has 1 aromatic rings. The van der Waals surface area contributed by atoms with Crippen molar-refractivity contribution in [3.8, 4) is 0 Å². The highest BCUT2D eigenvalue weighted by atomic mass is 35.5. The smallest absolute Gasteiger partial charge is 0.225 e. The van der Waals surface area contributed by atoms with Crippen LogP contribution in [0.15, 0.2) is 24.3 Å². The van der Waals surface area contributed by atoms with Crippen LogP contribution < -0.4 is 5.32 Å². The zero-order valence-corrected chi connectivity index (χ0v) is 13.3. The summed E-state index contributed by atoms with van der Waals surface area (Å²) in [6.07, 6.45) is 4.16. The van der Waals surface area contributed by atoms with Crippen LogP contribution in [0.25, 0.3) is 0 Å². The zero-order valence-electron chi connectivity index (χ0n) is 12.5. The number of carbonyl (C=O) groups is 1. The summed E-state index contributed by atoms with van der Waals surface area (Å²) < 4.78 is 13.4. The van der Waals surface area contributed by atoms with Gasteiger partial charge in [0.25, 0.3) is 0 Å². The third-order valence-electron chi connectivity index (χ3n) is 3.56. The molecule has 1 amide bonds. The molecule has 3 nitrogen and oxygen atoms in total. The lowest BCUT2D eigenvalue weighted by Gasteiger charge is -2.21. The van der Waals surface area contributed by atoms with Crippen LogP contribution in [-0.2, 0) is 4.79 Å². The molecular weight excluding hydrogens is 291 g/mol. The topological polar surface area (TPSA) is 32.3 Å². The number of para-hydroxylation sites is 1. The van der Waals surface area contributed by atoms with Crippen molar-refractivity contribution in [2.75, 3.05) is 25.0 Å². The van der Waals surface area contributed by atoms with E-state index < -0.39 is 0 Å². The summed E-state index contributed by atoms with van der Waals surface area (Å²) in [5.41, 5.74) is 0.265. The van der Waals surface area contributed by atoms with E-state index in [0.717, 1.165) is 32.0 Å². The van der Waals surface area contributed by atoms with E-state index in [1.165, 1.54) is 18.9 Å². The van der Waals surface area contributed by atoms with Gasteiger partial charge in [0.1, 0.15) is 5.82 Å². The van der Waals surface area contributed by atoms with Crippen LogP contribution in [0.2, 0.25) is 0 Å². The maximum Gasteiger partial charge on any atom is 0.225 e. The highest BCUT2D eigenvalue weighted by molar-refractivity contribution is 5.90. The molecule has 0 unspecified atom stereocenters. The van der Waals surface area contributed by atoms with E-state index >= 15 is 0 Å². The fraction of sp³-hybridized carbons (Fsp3) is 0.562. The highest BCUT2D eigenvalue weighted by Gasteiger charge is 2.24. The number of amides is 1. The summed E-state index contributed by atoms with van der Waals surface area (Å²) >= 11 is 0. The maximum absolute atomic E-state index is 13.4. The lowest BCUT2D eigenvalue weighted by molar-refractivity contribution is -0.116. The van der Waals surface area contributed by atoms with Crippen LogP contribution in [-0.4, -0.2) is 30.4 Å². The average Bonchev–Trinajstić information content (AvgIpc) is 3.23. The van der Waals surface area contributed by atoms with Gasteiger partial charge in [0, 0.05) is 19.5 Å². The number of hydrogen-bond donors (Lipinski definition) is 1. The van der Waals surface area contributed by atoms with Crippen molar-refractivity contribution >= 4 is 24.0 Å². The third-order valence-corrected chi connectivity index (χ3v) is 3.56. The maximum atomic E-state index is 13.4. The van der Waals surface area contributed by atoms with Gasteiger partial charge in [-0.15, -0.1) is 12.4 Å². The molecule has 1 fully saturated rings. The van der Waals surface area contributed by atoms with Gasteiger partial charge in [-0.2, -0.15) is 0 Å². The van der Waals surface area contributed by atoms with E-state index in [1.54, 1.807) is 18.2 Å². The zero-order chi connectivity index (χ0) is 14.4. The standard InChI is InChI=1S/C16H23FN2O.ClH/c1-2-10-19(12-13-7-8-13)11-9-16(20)18-15-6-4-3-5-14(15)17;/h3-6,13H,2,7-12H2,1H3,(H,18,20);1H. The van der Waals surface area contributed by atoms with Crippen molar-refractivity contribution in [2.45, 2.75) is 32.6 Å². The van der Waals surface area contributed by atoms with Crippen molar-refractivity contribution in [1.29, 1.82) is 0 Å². The molecule has 0 saturated heterocycles. The summed E-state index contributed by atoms with van der Waals surface area (Å²) in [5, 5.41) is 2.64. The first-order valence-corrected chi connectivity index (χ1v) is 7.45. The lowest BCUT2D eigenvalue weighted by Crippen LogP contribution is -2.30. The first kappa shape index (κ1) is 17.9. The van der Waals surface area contributed by atoms with Gasteiger partial charge in [0.2, 0.25) is 5.91 Å². The van der Waals surface area contributed by atoms with Gasteiger partial charge in [-0.1, -0.05) is 19.1 Å². The molecule has 0 spiro atoms. The molecule has 21 heavy (non-hydrogen) atoms. The van der Waals surface area contributed by atoms with Crippen LogP contribution in [0.4, 0.5) is 10.1 Å². The van der Waals surface area contributed by atoms with Gasteiger partial charge in [-0.25, -0.2) is 4.39 Å². The molecule has 1 aliphatic carbocycles. The average molecular weight is 315 g/mol. The Morgan fingerprint density at radius 3 is 2.67 bits per heavy atom. The molecule has 1 aliphatic rings. The monoisotopic (exact) mass is 314 g/mol. The lowest BCUT2D eigenvalue weighted by atomic mass is 10.2. The molecule has 0 radical (unpaired) electrons. The van der Waals surface area contributed by atoms with Gasteiger partial charge in [-0.3, -0.25) is 4.79 Å². The third kappa shape index (κ3) is 6.44. The second-order valence-corrected chi connectivity index (χ2v) is 5.52. The number of halogens is 2. The number of carbonyl (C=O) groups excluding carboxylic acids is 1. The molecule has 0 aromatic heterocycles. The molecule has 1 N–H and O–H groups in total. The van der Waals surface area contributed by atoms with Crippen LogP contribution in [0.1, 0.15) is 32.6 Å². The number of benzene rings is 1. The second kappa shape index (κ2) is 9.00. The first-order chi connectivity index (χ1) is 9.69. The minimum atomic E-state index is -0.385. The minimum Gasteiger partial charge on any atom is -0.324 e. The molecule has 0 bridgehead atoms. The van der Waals surface area contributed by atoms with E-state index in [1.807, 2.05) is 0 Å². The predicted octanol–water partition coefficient (Wildman–Crippen LogP) is 3.70. The highest BCUT2D eigenvalue weighted by Crippen LogP contribution is 2.29. The molecule has 1 aromatic carbocycles. The number of anilines is 1. The van der Waals surface area contributed by atoms with Gasteiger partial charge in [0.15, 0.2) is 0 Å². The fourth-order valence-electron chi connectivity index (χ4n) is 2.31. The van der Waals surface area contributed by atoms with Gasteiger partial charge in [0.05, 0.1) is 5.69 Å². The van der Waals surface area contributed by atoms with Crippen LogP contribution in [0.3, 0.4) is 0 Å². The molecule has 0 atom stereocenters. The fourth-order valence-corrected chi connectivity index (χ4v) is 2.31. The minimum absolute atomic E-state index is 0. The van der Waals surface area contributed by atoms with Crippen molar-refractivity contribution < 1.29 is 9.18 Å². The summed E-state index contributed by atoms with van der Waals surface area (Å²) in [7, 11) is 0. The van der Waals surface area contributed by atoms with E-state index in [2.05, 4.69) is 17.1 Å². The molecular formula is C16H24ClFN2O. The Hall–Kier alpha value is -1.13. The molecule has 2 rings (SSSR count). The van der Waals surface area contributed by atoms with Crippen LogP contribution >= 0.6 is 12.4 Å². The molecule has 118 valence electrons. The molecule has 0 heterocycles. The predicted molar refractivity (Wildman–Crippen MR) is 86.3 cm³/mol. The van der Waals surface area contributed by atoms with E-state index in [0.29, 0.717) is 6.42 Å². The quantitative estimate of drug-likeness (QED) is 0.793. The van der Waals surface area contributed by atoms with E-state index in [9.17, 15) is 9.18 Å². The van der Waals surface area contributed by atoms with Crippen LogP contribution in [0.5, 0.6) is 0 Å². The summed E-state index contributed by atoms with van der Waals surface area (Å²) in [5.74, 6) is 0.326. The molecule has 0 aliphatic heterocycles. The Morgan fingerprint density at radius 1 is 1.33 bits per heavy atom. The number of nitrogens with zero attached hydrogens (tertiary/aromatic N) is 1. The van der Waals surface area contributed by atoms with E-state index in [-0.39, 0.29) is 29.8 Å². The van der Waals surface area contributed by atoms with E-state index in [4.69, 9.17) is 0 Å². The van der Waals surface area contributed by atoms with Crippen molar-refractivity contribution in [2.24, 2.45) is 5.92 Å². The largest absolute Gasteiger partial charge is 0.324 e. The SMILES string of the molecule is CCCN(CCC(=O)Nc1ccccc1F)CC1CC1.Cl. The Morgan fingerprint density at radius 2 is 2.05 bits per heavy atom. The number of rotatable bonds is 8. The second-order valence-electron chi connectivity index (χ2n) is 5.52. The number of nitrogens with one attached hydrogen (secondary N) is 1. The first-order valence-electron chi connectivity index (χ1n) is 7.45. The van der Waals surface area contributed by atoms with Gasteiger partial charge in [-0.05, 0) is 43.9 Å². The Labute approximate surface area is 132 Å². The summed E-state index contributed by atoms with van der Waals surface area (Å²) in [6.45, 7) is 5.04. The summed E-state index contributed by atoms with van der Waals surface area (Å²) in [4.78, 5) is 14.2. The summed E-state index contributed by atoms with van der Waals surface area (Å²) in [6, 6.07) is 6.27. The van der Waals surface area contributed by atoms with Crippen LogP contribution in [0, 0.1) is 11.7 Å². The van der Waals surface area contributed by atoms with Gasteiger partial charge < -0.3 is 10.2 Å². The Bertz CT molecular complexity index is 452. The molecule has 5 heteroatoms. The van der Waals surface area contributed by atoms with Crippen molar-refractivity contribution in [3.05, 3.63) is 30.1 Å². The van der Waals surface area contributed by atoms with Gasteiger partial charge >= 0.3 is 0 Å². The van der Waals surface area contributed by atoms with Crippen molar-refractivity contribution in [3.63, 3.8) is 0 Å². The Balaban J connectivity index is 0.00000220. The normalized spacial score (nSPS) is 13.9. The Kier molecular flexibility index (Phi) is 7.68. The van der Waals surface area contributed by atoms with Crippen molar-refractivity contribution in [1.82, 2.24) is 4.90 Å². The number of hydrogen-bond acceptors (Lipinski definition) is 2.